The minimum absolute atomic E-state index is 0.109. The van der Waals surface area contributed by atoms with Crippen LogP contribution >= 0.6 is 0 Å². The lowest BCUT2D eigenvalue weighted by molar-refractivity contribution is 0.0690. The number of nitrogens with one attached hydrogen (secondary N) is 1. The average molecular weight is 244 g/mol. The molecule has 1 aromatic heterocycles. The molecule has 0 spiro atoms. The fraction of sp³-hybridized carbons (Fsp3) is 0.556. The van der Waals surface area contributed by atoms with E-state index in [0.29, 0.717) is 11.5 Å². The summed E-state index contributed by atoms with van der Waals surface area (Å²) in [5, 5.41) is 11.6. The summed E-state index contributed by atoms with van der Waals surface area (Å²) in [5.41, 5.74) is -0.109. The first-order chi connectivity index (χ1) is 7.65. The van der Waals surface area contributed by atoms with E-state index in [4.69, 9.17) is 9.52 Å². The summed E-state index contributed by atoms with van der Waals surface area (Å²) in [7, 11) is -0.706. The first kappa shape index (κ1) is 11.1. The van der Waals surface area contributed by atoms with E-state index >= 15 is 0 Å². The van der Waals surface area contributed by atoms with Crippen LogP contribution in [0.5, 0.6) is 0 Å². The maximum absolute atomic E-state index is 11.1. The minimum Gasteiger partial charge on any atom is -0.476 e. The van der Waals surface area contributed by atoms with Crippen molar-refractivity contribution in [3.05, 3.63) is 12.0 Å². The summed E-state index contributed by atoms with van der Waals surface area (Å²) < 4.78 is 16.1. The normalized spacial score (nSPS) is 25.2. The zero-order valence-corrected chi connectivity index (χ0v) is 9.33. The third kappa shape index (κ3) is 2.60. The molecule has 6 nitrogen and oxygen atoms in total. The van der Waals surface area contributed by atoms with Crippen molar-refractivity contribution in [1.29, 1.82) is 0 Å². The largest absolute Gasteiger partial charge is 0.476 e. The molecule has 0 bridgehead atoms. The van der Waals surface area contributed by atoms with E-state index in [9.17, 15) is 9.00 Å². The van der Waals surface area contributed by atoms with E-state index in [1.807, 2.05) is 0 Å². The Bertz CT molecular complexity index is 407. The molecule has 16 heavy (non-hydrogen) atoms. The molecule has 0 aromatic carbocycles. The molecule has 1 aliphatic heterocycles. The van der Waals surface area contributed by atoms with Gasteiger partial charge < -0.3 is 14.8 Å². The third-order valence-electron chi connectivity index (χ3n) is 2.44. The molecule has 0 unspecified atom stereocenters. The SMILES string of the molecule is O=C(O)c1coc(NC2CCS(=O)CC2)n1. The maximum atomic E-state index is 11.1. The molecule has 2 rings (SSSR count). The van der Waals surface area contributed by atoms with E-state index < -0.39 is 16.8 Å². The van der Waals surface area contributed by atoms with Crippen molar-refractivity contribution in [3.8, 4) is 0 Å². The van der Waals surface area contributed by atoms with Gasteiger partial charge in [-0.1, -0.05) is 0 Å². The second-order valence-corrected chi connectivity index (χ2v) is 5.31. The highest BCUT2D eigenvalue weighted by molar-refractivity contribution is 7.85. The van der Waals surface area contributed by atoms with Crippen LogP contribution in [0.2, 0.25) is 0 Å². The van der Waals surface area contributed by atoms with Crippen LogP contribution < -0.4 is 5.32 Å². The molecule has 0 aliphatic carbocycles. The van der Waals surface area contributed by atoms with Crippen LogP contribution in [-0.4, -0.2) is 37.8 Å². The summed E-state index contributed by atoms with van der Waals surface area (Å²) in [5.74, 6) is 0.232. The lowest BCUT2D eigenvalue weighted by Crippen LogP contribution is -2.29. The lowest BCUT2D eigenvalue weighted by atomic mass is 10.2. The van der Waals surface area contributed by atoms with E-state index in [-0.39, 0.29) is 17.8 Å². The van der Waals surface area contributed by atoms with Crippen LogP contribution in [0.15, 0.2) is 10.7 Å². The fourth-order valence-corrected chi connectivity index (χ4v) is 2.85. The van der Waals surface area contributed by atoms with E-state index in [1.54, 1.807) is 0 Å². The molecule has 7 heteroatoms. The van der Waals surface area contributed by atoms with E-state index in [0.717, 1.165) is 19.1 Å². The molecule has 88 valence electrons. The number of aromatic carboxylic acids is 1. The number of oxazole rings is 1. The standard InChI is InChI=1S/C9H12N2O4S/c12-8(13)7-5-15-9(11-7)10-6-1-3-16(14)4-2-6/h5-6H,1-4H2,(H,10,11)(H,12,13). The van der Waals surface area contributed by atoms with Gasteiger partial charge in [0.1, 0.15) is 6.26 Å². The van der Waals surface area contributed by atoms with Gasteiger partial charge in [0.25, 0.3) is 6.01 Å². The zero-order valence-electron chi connectivity index (χ0n) is 8.51. The van der Waals surface area contributed by atoms with E-state index in [1.165, 1.54) is 0 Å². The van der Waals surface area contributed by atoms with Gasteiger partial charge in [0.2, 0.25) is 0 Å². The molecule has 0 radical (unpaired) electrons. The monoisotopic (exact) mass is 244 g/mol. The van der Waals surface area contributed by atoms with Gasteiger partial charge in [0, 0.05) is 28.3 Å². The molecule has 0 saturated carbocycles. The van der Waals surface area contributed by atoms with Crippen LogP contribution in [0, 0.1) is 0 Å². The van der Waals surface area contributed by atoms with Gasteiger partial charge in [0.05, 0.1) is 0 Å². The second-order valence-electron chi connectivity index (χ2n) is 3.61. The van der Waals surface area contributed by atoms with Gasteiger partial charge in [-0.3, -0.25) is 4.21 Å². The number of aromatic nitrogens is 1. The number of anilines is 1. The van der Waals surface area contributed by atoms with Gasteiger partial charge in [0.15, 0.2) is 5.69 Å². The van der Waals surface area contributed by atoms with Crippen LogP contribution in [0.3, 0.4) is 0 Å². The molecule has 1 fully saturated rings. The van der Waals surface area contributed by atoms with Crippen molar-refractivity contribution in [1.82, 2.24) is 4.98 Å². The van der Waals surface area contributed by atoms with Gasteiger partial charge in [-0.05, 0) is 12.8 Å². The summed E-state index contributed by atoms with van der Waals surface area (Å²) >= 11 is 0. The highest BCUT2D eigenvalue weighted by Crippen LogP contribution is 2.15. The lowest BCUT2D eigenvalue weighted by Gasteiger charge is -2.21. The number of rotatable bonds is 3. The molecule has 1 saturated heterocycles. The Morgan fingerprint density at radius 1 is 1.56 bits per heavy atom. The number of hydrogen-bond donors (Lipinski definition) is 2. The van der Waals surface area contributed by atoms with Crippen molar-refractivity contribution in [2.45, 2.75) is 18.9 Å². The highest BCUT2D eigenvalue weighted by Gasteiger charge is 2.19. The number of hydrogen-bond acceptors (Lipinski definition) is 5. The molecule has 1 aromatic rings. The van der Waals surface area contributed by atoms with Gasteiger partial charge in [-0.2, -0.15) is 4.98 Å². The fourth-order valence-electron chi connectivity index (χ4n) is 1.55. The maximum Gasteiger partial charge on any atom is 0.357 e. The molecule has 0 amide bonds. The Balaban J connectivity index is 1.93. The Morgan fingerprint density at radius 3 is 2.81 bits per heavy atom. The minimum atomic E-state index is -1.11. The summed E-state index contributed by atoms with van der Waals surface area (Å²) in [6.07, 6.45) is 2.68. The van der Waals surface area contributed by atoms with Crippen molar-refractivity contribution >= 4 is 22.8 Å². The molecule has 1 aliphatic rings. The summed E-state index contributed by atoms with van der Waals surface area (Å²) in [6.45, 7) is 0. The molecular formula is C9H12N2O4S. The highest BCUT2D eigenvalue weighted by atomic mass is 32.2. The van der Waals surface area contributed by atoms with Crippen molar-refractivity contribution in [2.24, 2.45) is 0 Å². The smallest absolute Gasteiger partial charge is 0.357 e. The Kier molecular flexibility index (Phi) is 3.23. The Morgan fingerprint density at radius 2 is 2.25 bits per heavy atom. The predicted molar refractivity (Wildman–Crippen MR) is 58.0 cm³/mol. The van der Waals surface area contributed by atoms with Gasteiger partial charge in [-0.15, -0.1) is 0 Å². The van der Waals surface area contributed by atoms with Crippen molar-refractivity contribution in [3.63, 3.8) is 0 Å². The third-order valence-corrected chi connectivity index (χ3v) is 3.82. The number of carboxylic acids is 1. The molecular weight excluding hydrogens is 232 g/mol. The van der Waals surface area contributed by atoms with E-state index in [2.05, 4.69) is 10.3 Å². The predicted octanol–water partition coefficient (Wildman–Crippen LogP) is 0.696. The van der Waals surface area contributed by atoms with Crippen LogP contribution in [-0.2, 0) is 10.8 Å². The Hall–Kier alpha value is -1.37. The van der Waals surface area contributed by atoms with Crippen LogP contribution in [0.1, 0.15) is 23.3 Å². The van der Waals surface area contributed by atoms with Gasteiger partial charge >= 0.3 is 5.97 Å². The van der Waals surface area contributed by atoms with Crippen molar-refractivity contribution < 1.29 is 18.5 Å². The average Bonchev–Trinajstić information content (AvgIpc) is 2.70. The molecule has 2 heterocycles. The number of carbonyl (C=O) groups is 1. The molecule has 0 atom stereocenters. The molecule has 2 N–H and O–H groups in total. The summed E-state index contributed by atoms with van der Waals surface area (Å²) in [6, 6.07) is 0.382. The number of nitrogens with zero attached hydrogens (tertiary/aromatic N) is 1. The zero-order chi connectivity index (χ0) is 11.5. The number of carboxylic acid groups (broad SMARTS) is 1. The topological polar surface area (TPSA) is 92.4 Å². The summed E-state index contributed by atoms with van der Waals surface area (Å²) in [4.78, 5) is 14.3. The van der Waals surface area contributed by atoms with Crippen LogP contribution in [0.4, 0.5) is 6.01 Å². The van der Waals surface area contributed by atoms with Gasteiger partial charge in [-0.25, -0.2) is 4.79 Å². The second kappa shape index (κ2) is 4.65. The Labute approximate surface area is 94.5 Å². The van der Waals surface area contributed by atoms with Crippen molar-refractivity contribution in [2.75, 3.05) is 16.8 Å². The quantitative estimate of drug-likeness (QED) is 0.813. The van der Waals surface area contributed by atoms with Crippen LogP contribution in [0.25, 0.3) is 0 Å². The first-order valence-electron chi connectivity index (χ1n) is 4.95. The first-order valence-corrected chi connectivity index (χ1v) is 6.44.